The Bertz CT molecular complexity index is 353. The lowest BCUT2D eigenvalue weighted by Gasteiger charge is -2.29. The van der Waals surface area contributed by atoms with E-state index in [1.54, 1.807) is 0 Å². The van der Waals surface area contributed by atoms with Crippen LogP contribution in [-0.4, -0.2) is 29.1 Å². The monoisotopic (exact) mass is 268 g/mol. The van der Waals surface area contributed by atoms with Crippen LogP contribution < -0.4 is 0 Å². The van der Waals surface area contributed by atoms with Crippen molar-refractivity contribution in [3.63, 3.8) is 0 Å². The average molecular weight is 268 g/mol. The van der Waals surface area contributed by atoms with Crippen LogP contribution in [0.3, 0.4) is 0 Å². The maximum Gasteiger partial charge on any atom is 0.460 e. The van der Waals surface area contributed by atoms with Crippen molar-refractivity contribution in [3.05, 3.63) is 11.1 Å². The largest absolute Gasteiger partial charge is 0.478 e. The minimum absolute atomic E-state index is 0.211. The van der Waals surface area contributed by atoms with E-state index in [4.69, 9.17) is 5.11 Å². The molecule has 0 rings (SSSR count). The summed E-state index contributed by atoms with van der Waals surface area (Å²) in [5.41, 5.74) is -3.11. The summed E-state index contributed by atoms with van der Waals surface area (Å²) < 4.78 is 86.0. The normalized spacial score (nSPS) is 15.6. The van der Waals surface area contributed by atoms with E-state index in [9.17, 15) is 35.5 Å². The predicted octanol–water partition coefficient (Wildman–Crippen LogP) is 3.24. The number of hydrogen-bond donors (Lipinski definition) is 1. The maximum atomic E-state index is 12.9. The second kappa shape index (κ2) is 4.19. The summed E-state index contributed by atoms with van der Waals surface area (Å²) in [5, 5.41) is 8.27. The van der Waals surface area contributed by atoms with Crippen LogP contribution >= 0.6 is 0 Å². The summed E-state index contributed by atoms with van der Waals surface area (Å²) in [6.45, 7) is 0.723. The highest BCUT2D eigenvalue weighted by atomic mass is 19.4. The first kappa shape index (κ1) is 15.7. The van der Waals surface area contributed by atoms with Gasteiger partial charge in [0.1, 0.15) is 0 Å². The Morgan fingerprint density at radius 3 is 1.53 bits per heavy atom. The highest BCUT2D eigenvalue weighted by molar-refractivity contribution is 5.87. The van der Waals surface area contributed by atoms with Crippen molar-refractivity contribution in [2.45, 2.75) is 31.9 Å². The third-order valence-electron chi connectivity index (χ3n) is 2.10. The first-order valence-corrected chi connectivity index (χ1v) is 4.00. The fraction of sp³-hybridized carbons (Fsp3) is 0.625. The maximum absolute atomic E-state index is 12.9. The molecule has 17 heavy (non-hydrogen) atoms. The van der Waals surface area contributed by atoms with Crippen molar-refractivity contribution in [1.29, 1.82) is 0 Å². The lowest BCUT2D eigenvalue weighted by Crippen LogP contribution is -2.52. The molecule has 0 saturated heterocycles. The minimum atomic E-state index is -6.48. The third-order valence-corrected chi connectivity index (χ3v) is 2.10. The van der Waals surface area contributed by atoms with E-state index in [1.807, 2.05) is 0 Å². The fourth-order valence-electron chi connectivity index (χ4n) is 0.809. The molecule has 2 nitrogen and oxygen atoms in total. The standard InChI is InChI=1S/C8H7F7O2/c1-3(5(16)17)4(2)6(9,10)7(11,12)8(13,14)15/h1-2H3,(H,16,17)/b4-3+. The molecule has 0 amide bonds. The van der Waals surface area contributed by atoms with Gasteiger partial charge in [0.15, 0.2) is 0 Å². The molecule has 0 saturated carbocycles. The van der Waals surface area contributed by atoms with Gasteiger partial charge in [-0.25, -0.2) is 4.79 Å². The summed E-state index contributed by atoms with van der Waals surface area (Å²) in [6, 6.07) is 0. The molecule has 9 heteroatoms. The molecule has 0 bridgehead atoms. The van der Waals surface area contributed by atoms with Gasteiger partial charge in [0.05, 0.1) is 0 Å². The Hall–Kier alpha value is -1.28. The number of carboxylic acids is 1. The summed E-state index contributed by atoms with van der Waals surface area (Å²) in [4.78, 5) is 10.2. The number of carboxylic acid groups (broad SMARTS) is 1. The zero-order valence-electron chi connectivity index (χ0n) is 8.50. The van der Waals surface area contributed by atoms with Gasteiger partial charge in [-0.3, -0.25) is 0 Å². The van der Waals surface area contributed by atoms with Crippen LogP contribution in [0.2, 0.25) is 0 Å². The molecular weight excluding hydrogens is 261 g/mol. The van der Waals surface area contributed by atoms with Gasteiger partial charge >= 0.3 is 24.0 Å². The van der Waals surface area contributed by atoms with Crippen LogP contribution in [0.25, 0.3) is 0 Å². The van der Waals surface area contributed by atoms with Crippen molar-refractivity contribution in [1.82, 2.24) is 0 Å². The topological polar surface area (TPSA) is 37.3 Å². The van der Waals surface area contributed by atoms with Gasteiger partial charge in [-0.15, -0.1) is 0 Å². The van der Waals surface area contributed by atoms with Gasteiger partial charge in [-0.05, 0) is 13.8 Å². The number of allylic oxidation sites excluding steroid dienone is 1. The van der Waals surface area contributed by atoms with Gasteiger partial charge in [0, 0.05) is 11.1 Å². The van der Waals surface area contributed by atoms with Crippen LogP contribution in [0, 0.1) is 0 Å². The Kier molecular flexibility index (Phi) is 3.87. The summed E-state index contributed by atoms with van der Waals surface area (Å²) in [5.74, 6) is -13.9. The first-order chi connectivity index (χ1) is 7.26. The Morgan fingerprint density at radius 1 is 0.941 bits per heavy atom. The Morgan fingerprint density at radius 2 is 1.29 bits per heavy atom. The molecule has 0 unspecified atom stereocenters. The Balaban J connectivity index is 5.74. The molecule has 0 aromatic rings. The zero-order chi connectivity index (χ0) is 14.2. The number of alkyl halides is 7. The van der Waals surface area contributed by atoms with Crippen molar-refractivity contribution < 1.29 is 40.6 Å². The van der Waals surface area contributed by atoms with Crippen LogP contribution in [0.15, 0.2) is 11.1 Å². The van der Waals surface area contributed by atoms with Crippen LogP contribution in [0.4, 0.5) is 30.7 Å². The van der Waals surface area contributed by atoms with Crippen molar-refractivity contribution in [2.24, 2.45) is 0 Å². The average Bonchev–Trinajstić information content (AvgIpc) is 2.13. The SMILES string of the molecule is C/C(C(=O)O)=C(/C)C(F)(F)C(F)(F)C(F)(F)F. The predicted molar refractivity (Wildman–Crippen MR) is 42.0 cm³/mol. The Labute approximate surface area is 90.7 Å². The second-order valence-corrected chi connectivity index (χ2v) is 3.20. The van der Waals surface area contributed by atoms with E-state index < -0.39 is 35.1 Å². The highest BCUT2D eigenvalue weighted by Crippen LogP contribution is 2.50. The highest BCUT2D eigenvalue weighted by Gasteiger charge is 2.73. The number of rotatable bonds is 3. The molecule has 0 radical (unpaired) electrons. The number of halogens is 7. The van der Waals surface area contributed by atoms with Crippen LogP contribution in [0.5, 0.6) is 0 Å². The first-order valence-electron chi connectivity index (χ1n) is 4.00. The van der Waals surface area contributed by atoms with Crippen molar-refractivity contribution in [2.75, 3.05) is 0 Å². The summed E-state index contributed by atoms with van der Waals surface area (Å²) >= 11 is 0. The molecule has 0 aliphatic heterocycles. The number of hydrogen-bond acceptors (Lipinski definition) is 1. The lowest BCUT2D eigenvalue weighted by atomic mass is 9.99. The van der Waals surface area contributed by atoms with E-state index in [2.05, 4.69) is 0 Å². The summed E-state index contributed by atoms with van der Waals surface area (Å²) in [6.07, 6.45) is -6.48. The fourth-order valence-corrected chi connectivity index (χ4v) is 0.809. The van der Waals surface area contributed by atoms with Crippen molar-refractivity contribution >= 4 is 5.97 Å². The number of carbonyl (C=O) groups is 1. The van der Waals surface area contributed by atoms with Gasteiger partial charge in [0.2, 0.25) is 0 Å². The molecule has 0 atom stereocenters. The van der Waals surface area contributed by atoms with Crippen LogP contribution in [0.1, 0.15) is 13.8 Å². The molecular formula is C8H7F7O2. The molecule has 0 fully saturated rings. The molecule has 0 aromatic heterocycles. The molecule has 100 valence electrons. The molecule has 0 aliphatic carbocycles. The van der Waals surface area contributed by atoms with E-state index in [0.29, 0.717) is 6.92 Å². The van der Waals surface area contributed by atoms with Crippen LogP contribution in [-0.2, 0) is 4.79 Å². The number of aliphatic carboxylic acids is 1. The minimum Gasteiger partial charge on any atom is -0.478 e. The molecule has 1 N–H and O–H groups in total. The van der Waals surface area contributed by atoms with E-state index in [-0.39, 0.29) is 6.92 Å². The lowest BCUT2D eigenvalue weighted by molar-refractivity contribution is -0.344. The van der Waals surface area contributed by atoms with E-state index in [1.165, 1.54) is 0 Å². The molecule has 0 spiro atoms. The molecule has 0 aromatic carbocycles. The zero-order valence-corrected chi connectivity index (χ0v) is 8.50. The van der Waals surface area contributed by atoms with Gasteiger partial charge < -0.3 is 5.11 Å². The van der Waals surface area contributed by atoms with E-state index >= 15 is 0 Å². The van der Waals surface area contributed by atoms with Crippen molar-refractivity contribution in [3.8, 4) is 0 Å². The van der Waals surface area contributed by atoms with E-state index in [0.717, 1.165) is 0 Å². The quantitative estimate of drug-likeness (QED) is 0.630. The molecule has 0 heterocycles. The van der Waals surface area contributed by atoms with Gasteiger partial charge in [-0.1, -0.05) is 0 Å². The van der Waals surface area contributed by atoms with Gasteiger partial charge in [0.25, 0.3) is 0 Å². The second-order valence-electron chi connectivity index (χ2n) is 3.20. The van der Waals surface area contributed by atoms with Gasteiger partial charge in [-0.2, -0.15) is 30.7 Å². The third kappa shape index (κ3) is 2.52. The smallest absolute Gasteiger partial charge is 0.460 e. The molecule has 0 aliphatic rings. The summed E-state index contributed by atoms with van der Waals surface area (Å²) in [7, 11) is 0.